The van der Waals surface area contributed by atoms with Crippen molar-refractivity contribution in [3.8, 4) is 5.69 Å². The van der Waals surface area contributed by atoms with Gasteiger partial charge in [-0.2, -0.15) is 5.10 Å². The van der Waals surface area contributed by atoms with Gasteiger partial charge < -0.3 is 5.73 Å². The van der Waals surface area contributed by atoms with Gasteiger partial charge >= 0.3 is 0 Å². The standard InChI is InChI=1S/C11H14N4/c1-8-3-4-10(9(2)5-8)15-11(6-12)13-7-14-15/h3-5,7H,6,12H2,1-2H3. The molecule has 0 saturated carbocycles. The first kappa shape index (κ1) is 9.86. The molecule has 78 valence electrons. The fraction of sp³-hybridized carbons (Fsp3) is 0.273. The van der Waals surface area contributed by atoms with Crippen molar-refractivity contribution in [1.29, 1.82) is 0 Å². The fourth-order valence-corrected chi connectivity index (χ4v) is 1.65. The minimum absolute atomic E-state index is 0.396. The van der Waals surface area contributed by atoms with Crippen LogP contribution >= 0.6 is 0 Å². The molecule has 0 spiro atoms. The van der Waals surface area contributed by atoms with Crippen molar-refractivity contribution in [2.24, 2.45) is 5.73 Å². The summed E-state index contributed by atoms with van der Waals surface area (Å²) in [6, 6.07) is 6.22. The quantitative estimate of drug-likeness (QED) is 0.799. The van der Waals surface area contributed by atoms with E-state index < -0.39 is 0 Å². The molecule has 2 aromatic rings. The van der Waals surface area contributed by atoms with Crippen LogP contribution in [0.2, 0.25) is 0 Å². The highest BCUT2D eigenvalue weighted by Gasteiger charge is 2.06. The average molecular weight is 202 g/mol. The predicted molar refractivity (Wildman–Crippen MR) is 58.7 cm³/mol. The third-order valence-corrected chi connectivity index (χ3v) is 2.38. The van der Waals surface area contributed by atoms with Crippen LogP contribution in [0.15, 0.2) is 24.5 Å². The molecule has 15 heavy (non-hydrogen) atoms. The van der Waals surface area contributed by atoms with Crippen molar-refractivity contribution in [3.63, 3.8) is 0 Å². The van der Waals surface area contributed by atoms with Gasteiger partial charge in [-0.3, -0.25) is 0 Å². The second-order valence-electron chi connectivity index (χ2n) is 3.58. The lowest BCUT2D eigenvalue weighted by Crippen LogP contribution is -2.09. The molecule has 2 rings (SSSR count). The molecule has 0 bridgehead atoms. The summed E-state index contributed by atoms with van der Waals surface area (Å²) >= 11 is 0. The Morgan fingerprint density at radius 2 is 2.13 bits per heavy atom. The first-order valence-corrected chi connectivity index (χ1v) is 4.89. The molecular formula is C11H14N4. The Hall–Kier alpha value is -1.68. The number of nitrogens with zero attached hydrogens (tertiary/aromatic N) is 3. The highest BCUT2D eigenvalue weighted by molar-refractivity contribution is 5.42. The minimum Gasteiger partial charge on any atom is -0.324 e. The maximum atomic E-state index is 5.59. The third kappa shape index (κ3) is 1.76. The van der Waals surface area contributed by atoms with Crippen LogP contribution in [0.4, 0.5) is 0 Å². The van der Waals surface area contributed by atoms with Crippen molar-refractivity contribution in [3.05, 3.63) is 41.5 Å². The number of aromatic nitrogens is 3. The van der Waals surface area contributed by atoms with E-state index in [4.69, 9.17) is 5.73 Å². The summed E-state index contributed by atoms with van der Waals surface area (Å²) < 4.78 is 1.79. The molecule has 0 aliphatic heterocycles. The minimum atomic E-state index is 0.396. The molecule has 0 fully saturated rings. The Labute approximate surface area is 88.8 Å². The average Bonchev–Trinajstić information content (AvgIpc) is 2.65. The van der Waals surface area contributed by atoms with E-state index in [-0.39, 0.29) is 0 Å². The molecule has 1 heterocycles. The fourth-order valence-electron chi connectivity index (χ4n) is 1.65. The van der Waals surface area contributed by atoms with Gasteiger partial charge in [-0.25, -0.2) is 9.67 Å². The summed E-state index contributed by atoms with van der Waals surface area (Å²) in [5.74, 6) is 0.780. The lowest BCUT2D eigenvalue weighted by molar-refractivity contribution is 0.785. The second kappa shape index (κ2) is 3.82. The van der Waals surface area contributed by atoms with Crippen LogP contribution in [-0.2, 0) is 6.54 Å². The van der Waals surface area contributed by atoms with Gasteiger partial charge in [-0.1, -0.05) is 17.7 Å². The Kier molecular flexibility index (Phi) is 2.51. The lowest BCUT2D eigenvalue weighted by Gasteiger charge is -2.08. The molecular weight excluding hydrogens is 188 g/mol. The lowest BCUT2D eigenvalue weighted by atomic mass is 10.1. The number of aryl methyl sites for hydroxylation is 2. The molecule has 4 heteroatoms. The number of benzene rings is 1. The SMILES string of the molecule is Cc1ccc(-n2ncnc2CN)c(C)c1. The third-order valence-electron chi connectivity index (χ3n) is 2.38. The van der Waals surface area contributed by atoms with Crippen molar-refractivity contribution < 1.29 is 0 Å². The Bertz CT molecular complexity index is 473. The van der Waals surface area contributed by atoms with Crippen LogP contribution in [0.5, 0.6) is 0 Å². The summed E-state index contributed by atoms with van der Waals surface area (Å²) in [5.41, 5.74) is 9.05. The Balaban J connectivity index is 2.54. The molecule has 0 amide bonds. The molecule has 4 nitrogen and oxygen atoms in total. The first-order valence-electron chi connectivity index (χ1n) is 4.89. The van der Waals surface area contributed by atoms with Crippen LogP contribution in [-0.4, -0.2) is 14.8 Å². The molecule has 1 aromatic carbocycles. The van der Waals surface area contributed by atoms with Crippen molar-refractivity contribution in [1.82, 2.24) is 14.8 Å². The number of hydrogen-bond donors (Lipinski definition) is 1. The van der Waals surface area contributed by atoms with Crippen molar-refractivity contribution in [2.45, 2.75) is 20.4 Å². The zero-order valence-corrected chi connectivity index (χ0v) is 8.94. The maximum absolute atomic E-state index is 5.59. The van der Waals surface area contributed by atoms with Gasteiger partial charge in [0.1, 0.15) is 12.2 Å². The summed E-state index contributed by atoms with van der Waals surface area (Å²) in [6.07, 6.45) is 1.53. The second-order valence-corrected chi connectivity index (χ2v) is 3.58. The van der Waals surface area contributed by atoms with Gasteiger partial charge in [-0.15, -0.1) is 0 Å². The Morgan fingerprint density at radius 1 is 1.33 bits per heavy atom. The predicted octanol–water partition coefficient (Wildman–Crippen LogP) is 1.34. The number of hydrogen-bond acceptors (Lipinski definition) is 3. The highest BCUT2D eigenvalue weighted by atomic mass is 15.3. The van der Waals surface area contributed by atoms with Gasteiger partial charge in [0.2, 0.25) is 0 Å². The molecule has 1 aromatic heterocycles. The van der Waals surface area contributed by atoms with Gasteiger partial charge in [-0.05, 0) is 25.5 Å². The van der Waals surface area contributed by atoms with Crippen LogP contribution in [0.1, 0.15) is 17.0 Å². The van der Waals surface area contributed by atoms with Crippen LogP contribution in [0.3, 0.4) is 0 Å². The van der Waals surface area contributed by atoms with Crippen LogP contribution in [0, 0.1) is 13.8 Å². The van der Waals surface area contributed by atoms with E-state index in [0.717, 1.165) is 11.5 Å². The molecule has 0 saturated heterocycles. The molecule has 0 aliphatic carbocycles. The highest BCUT2D eigenvalue weighted by Crippen LogP contribution is 2.15. The first-order chi connectivity index (χ1) is 7.22. The number of rotatable bonds is 2. The summed E-state index contributed by atoms with van der Waals surface area (Å²) in [4.78, 5) is 4.10. The van der Waals surface area contributed by atoms with Gasteiger partial charge in [0.05, 0.1) is 12.2 Å². The van der Waals surface area contributed by atoms with Crippen molar-refractivity contribution in [2.75, 3.05) is 0 Å². The molecule has 0 unspecified atom stereocenters. The normalized spacial score (nSPS) is 10.6. The van der Waals surface area contributed by atoms with Crippen LogP contribution < -0.4 is 5.73 Å². The topological polar surface area (TPSA) is 56.7 Å². The van der Waals surface area contributed by atoms with E-state index in [0.29, 0.717) is 6.54 Å². The van der Waals surface area contributed by atoms with E-state index >= 15 is 0 Å². The van der Waals surface area contributed by atoms with E-state index in [2.05, 4.69) is 36.1 Å². The molecule has 0 aliphatic rings. The maximum Gasteiger partial charge on any atom is 0.145 e. The molecule has 0 radical (unpaired) electrons. The van der Waals surface area contributed by atoms with Gasteiger partial charge in [0.15, 0.2) is 0 Å². The van der Waals surface area contributed by atoms with E-state index in [9.17, 15) is 0 Å². The van der Waals surface area contributed by atoms with Gasteiger partial charge in [0.25, 0.3) is 0 Å². The van der Waals surface area contributed by atoms with E-state index in [1.807, 2.05) is 6.07 Å². The van der Waals surface area contributed by atoms with E-state index in [1.165, 1.54) is 17.5 Å². The summed E-state index contributed by atoms with van der Waals surface area (Å²) in [5, 5.41) is 4.17. The largest absolute Gasteiger partial charge is 0.324 e. The summed E-state index contributed by atoms with van der Waals surface area (Å²) in [6.45, 7) is 4.53. The van der Waals surface area contributed by atoms with E-state index in [1.54, 1.807) is 4.68 Å². The Morgan fingerprint density at radius 3 is 2.80 bits per heavy atom. The molecule has 2 N–H and O–H groups in total. The van der Waals surface area contributed by atoms with Gasteiger partial charge in [0, 0.05) is 0 Å². The zero-order chi connectivity index (χ0) is 10.8. The smallest absolute Gasteiger partial charge is 0.145 e. The monoisotopic (exact) mass is 202 g/mol. The van der Waals surface area contributed by atoms with Crippen molar-refractivity contribution >= 4 is 0 Å². The molecule has 0 atom stereocenters. The summed E-state index contributed by atoms with van der Waals surface area (Å²) in [7, 11) is 0. The van der Waals surface area contributed by atoms with Crippen LogP contribution in [0.25, 0.3) is 5.69 Å². The zero-order valence-electron chi connectivity index (χ0n) is 8.94. The number of nitrogens with two attached hydrogens (primary N) is 1.